The molecule has 0 radical (unpaired) electrons. The Morgan fingerprint density at radius 2 is 1.95 bits per heavy atom. The topological polar surface area (TPSA) is 67.4 Å². The van der Waals surface area contributed by atoms with Crippen molar-refractivity contribution in [3.63, 3.8) is 0 Å². The number of rotatable bonds is 5. The molecule has 104 valence electrons. The Kier molecular flexibility index (Phi) is 5.36. The molecule has 0 fully saturated rings. The quantitative estimate of drug-likeness (QED) is 0.633. The summed E-state index contributed by atoms with van der Waals surface area (Å²) in [6.07, 6.45) is 0.349. The Morgan fingerprint density at radius 3 is 2.58 bits per heavy atom. The highest BCUT2D eigenvalue weighted by Crippen LogP contribution is 2.11. The molecular formula is C14H20N2O3. The SMILES string of the molecule is CC(C)(C)OC(=O)NCCNc1ccccc1C=O. The molecule has 1 aromatic rings. The van der Waals surface area contributed by atoms with E-state index >= 15 is 0 Å². The molecule has 5 nitrogen and oxygen atoms in total. The van der Waals surface area contributed by atoms with E-state index in [-0.39, 0.29) is 0 Å². The molecule has 19 heavy (non-hydrogen) atoms. The van der Waals surface area contributed by atoms with Crippen molar-refractivity contribution in [1.82, 2.24) is 5.32 Å². The molecule has 1 rings (SSSR count). The lowest BCUT2D eigenvalue weighted by Crippen LogP contribution is -2.35. The first-order valence-electron chi connectivity index (χ1n) is 6.17. The van der Waals surface area contributed by atoms with Gasteiger partial charge in [-0.2, -0.15) is 0 Å². The number of carbonyl (C=O) groups excluding carboxylic acids is 2. The summed E-state index contributed by atoms with van der Waals surface area (Å²) in [5.74, 6) is 0. The third-order valence-corrected chi connectivity index (χ3v) is 2.20. The Hall–Kier alpha value is -2.04. The second-order valence-corrected chi connectivity index (χ2v) is 5.06. The number of alkyl carbamates (subject to hydrolysis) is 1. The first kappa shape index (κ1) is 15.0. The maximum absolute atomic E-state index is 11.4. The van der Waals surface area contributed by atoms with E-state index in [4.69, 9.17) is 4.74 Å². The van der Waals surface area contributed by atoms with Crippen molar-refractivity contribution in [2.75, 3.05) is 18.4 Å². The van der Waals surface area contributed by atoms with Crippen LogP contribution in [0.5, 0.6) is 0 Å². The van der Waals surface area contributed by atoms with Gasteiger partial charge in [0, 0.05) is 24.3 Å². The summed E-state index contributed by atoms with van der Waals surface area (Å²) in [5, 5.41) is 5.72. The lowest BCUT2D eigenvalue weighted by molar-refractivity contribution is 0.0530. The van der Waals surface area contributed by atoms with Crippen molar-refractivity contribution in [1.29, 1.82) is 0 Å². The van der Waals surface area contributed by atoms with Crippen LogP contribution >= 0.6 is 0 Å². The van der Waals surface area contributed by atoms with Crippen molar-refractivity contribution in [3.05, 3.63) is 29.8 Å². The summed E-state index contributed by atoms with van der Waals surface area (Å²) in [6, 6.07) is 7.19. The molecule has 1 amide bonds. The van der Waals surface area contributed by atoms with Gasteiger partial charge in [0.05, 0.1) is 0 Å². The van der Waals surface area contributed by atoms with Crippen LogP contribution in [0.1, 0.15) is 31.1 Å². The zero-order valence-corrected chi connectivity index (χ0v) is 11.5. The average Bonchev–Trinajstić information content (AvgIpc) is 2.33. The van der Waals surface area contributed by atoms with Gasteiger partial charge < -0.3 is 15.4 Å². The maximum Gasteiger partial charge on any atom is 0.407 e. The summed E-state index contributed by atoms with van der Waals surface area (Å²) in [7, 11) is 0. The summed E-state index contributed by atoms with van der Waals surface area (Å²) >= 11 is 0. The minimum absolute atomic E-state index is 0.419. The van der Waals surface area contributed by atoms with Crippen molar-refractivity contribution < 1.29 is 14.3 Å². The molecule has 0 bridgehead atoms. The molecule has 5 heteroatoms. The molecule has 0 aliphatic heterocycles. The predicted molar refractivity (Wildman–Crippen MR) is 74.6 cm³/mol. The second kappa shape index (κ2) is 6.78. The summed E-state index contributed by atoms with van der Waals surface area (Å²) in [5.41, 5.74) is 0.852. The molecule has 0 aliphatic rings. The zero-order valence-electron chi connectivity index (χ0n) is 11.5. The van der Waals surface area contributed by atoms with Crippen molar-refractivity contribution >= 4 is 18.1 Å². The number of aldehydes is 1. The average molecular weight is 264 g/mol. The largest absolute Gasteiger partial charge is 0.444 e. The van der Waals surface area contributed by atoms with Crippen LogP contribution < -0.4 is 10.6 Å². The van der Waals surface area contributed by atoms with Gasteiger partial charge in [-0.15, -0.1) is 0 Å². The van der Waals surface area contributed by atoms with Crippen LogP contribution in [0.15, 0.2) is 24.3 Å². The minimum atomic E-state index is -0.498. The molecular weight excluding hydrogens is 244 g/mol. The van der Waals surface area contributed by atoms with Gasteiger partial charge in [0.1, 0.15) is 5.60 Å². The number of ether oxygens (including phenoxy) is 1. The van der Waals surface area contributed by atoms with E-state index in [1.54, 1.807) is 12.1 Å². The summed E-state index contributed by atoms with van der Waals surface area (Å²) in [6.45, 7) is 6.37. The van der Waals surface area contributed by atoms with Gasteiger partial charge in [-0.05, 0) is 32.9 Å². The standard InChI is InChI=1S/C14H20N2O3/c1-14(2,3)19-13(18)16-9-8-15-12-7-5-4-6-11(12)10-17/h4-7,10,15H,8-9H2,1-3H3,(H,16,18). The number of hydrogen-bond acceptors (Lipinski definition) is 4. The number of benzene rings is 1. The van der Waals surface area contributed by atoms with Crippen LogP contribution in [0.3, 0.4) is 0 Å². The highest BCUT2D eigenvalue weighted by atomic mass is 16.6. The van der Waals surface area contributed by atoms with Gasteiger partial charge in [-0.1, -0.05) is 12.1 Å². The van der Waals surface area contributed by atoms with Gasteiger partial charge in [-0.3, -0.25) is 4.79 Å². The van der Waals surface area contributed by atoms with Crippen molar-refractivity contribution in [2.45, 2.75) is 26.4 Å². The number of carbonyl (C=O) groups is 2. The highest BCUT2D eigenvalue weighted by molar-refractivity contribution is 5.84. The fourth-order valence-electron chi connectivity index (χ4n) is 1.44. The van der Waals surface area contributed by atoms with Crippen molar-refractivity contribution in [3.8, 4) is 0 Å². The van der Waals surface area contributed by atoms with E-state index < -0.39 is 11.7 Å². The third-order valence-electron chi connectivity index (χ3n) is 2.20. The number of amides is 1. The van der Waals surface area contributed by atoms with Gasteiger partial charge in [0.2, 0.25) is 0 Å². The molecule has 1 aromatic carbocycles. The fraction of sp³-hybridized carbons (Fsp3) is 0.429. The fourth-order valence-corrected chi connectivity index (χ4v) is 1.44. The second-order valence-electron chi connectivity index (χ2n) is 5.06. The van der Waals surface area contributed by atoms with Crippen LogP contribution in [0, 0.1) is 0 Å². The first-order chi connectivity index (χ1) is 8.92. The van der Waals surface area contributed by atoms with Gasteiger partial charge in [0.15, 0.2) is 6.29 Å². The van der Waals surface area contributed by atoms with Gasteiger partial charge in [-0.25, -0.2) is 4.79 Å². The molecule has 0 unspecified atom stereocenters. The molecule has 0 saturated heterocycles. The van der Waals surface area contributed by atoms with Crippen molar-refractivity contribution in [2.24, 2.45) is 0 Å². The Morgan fingerprint density at radius 1 is 1.26 bits per heavy atom. The number of hydrogen-bond donors (Lipinski definition) is 2. The van der Waals surface area contributed by atoms with E-state index in [1.807, 2.05) is 32.9 Å². The summed E-state index contributed by atoms with van der Waals surface area (Å²) < 4.78 is 5.10. The maximum atomic E-state index is 11.4. The Balaban J connectivity index is 2.31. The van der Waals surface area contributed by atoms with E-state index in [0.717, 1.165) is 12.0 Å². The summed E-state index contributed by atoms with van der Waals surface area (Å²) in [4.78, 5) is 22.2. The van der Waals surface area contributed by atoms with Crippen LogP contribution in [0.25, 0.3) is 0 Å². The molecule has 0 atom stereocenters. The Bertz CT molecular complexity index is 439. The van der Waals surface area contributed by atoms with Crippen LogP contribution in [0.2, 0.25) is 0 Å². The van der Waals surface area contributed by atoms with E-state index in [0.29, 0.717) is 18.7 Å². The van der Waals surface area contributed by atoms with E-state index in [9.17, 15) is 9.59 Å². The van der Waals surface area contributed by atoms with Crippen LogP contribution in [-0.4, -0.2) is 31.1 Å². The molecule has 0 aliphatic carbocycles. The predicted octanol–water partition coefficient (Wildman–Crippen LogP) is 2.44. The minimum Gasteiger partial charge on any atom is -0.444 e. The van der Waals surface area contributed by atoms with Gasteiger partial charge in [0.25, 0.3) is 0 Å². The number of nitrogens with one attached hydrogen (secondary N) is 2. The van der Waals surface area contributed by atoms with Gasteiger partial charge >= 0.3 is 6.09 Å². The van der Waals surface area contributed by atoms with Crippen LogP contribution in [0.4, 0.5) is 10.5 Å². The lowest BCUT2D eigenvalue weighted by atomic mass is 10.2. The Labute approximate surface area is 113 Å². The number of para-hydroxylation sites is 1. The lowest BCUT2D eigenvalue weighted by Gasteiger charge is -2.19. The third kappa shape index (κ3) is 5.90. The monoisotopic (exact) mass is 264 g/mol. The molecule has 2 N–H and O–H groups in total. The zero-order chi connectivity index (χ0) is 14.3. The molecule has 0 saturated carbocycles. The highest BCUT2D eigenvalue weighted by Gasteiger charge is 2.15. The normalized spacial score (nSPS) is 10.7. The molecule has 0 spiro atoms. The van der Waals surface area contributed by atoms with E-state index in [2.05, 4.69) is 10.6 Å². The molecule has 0 heterocycles. The number of anilines is 1. The van der Waals surface area contributed by atoms with E-state index in [1.165, 1.54) is 0 Å². The van der Waals surface area contributed by atoms with Crippen LogP contribution in [-0.2, 0) is 4.74 Å². The first-order valence-corrected chi connectivity index (χ1v) is 6.17. The smallest absolute Gasteiger partial charge is 0.407 e. The molecule has 0 aromatic heterocycles.